The third-order valence-corrected chi connectivity index (χ3v) is 4.17. The Morgan fingerprint density at radius 3 is 2.76 bits per heavy atom. The van der Waals surface area contributed by atoms with E-state index in [1.807, 2.05) is 35.0 Å². The van der Waals surface area contributed by atoms with Crippen LogP contribution in [0.1, 0.15) is 17.4 Å². The summed E-state index contributed by atoms with van der Waals surface area (Å²) in [5.41, 5.74) is 2.75. The molecule has 0 spiro atoms. The van der Waals surface area contributed by atoms with Crippen molar-refractivity contribution < 1.29 is 10.2 Å². The minimum Gasteiger partial charge on any atom is -0.364 e. The lowest BCUT2D eigenvalue weighted by Gasteiger charge is -2.07. The quantitative estimate of drug-likeness (QED) is 0.446. The number of pyridine rings is 1. The number of halogens is 1. The van der Waals surface area contributed by atoms with E-state index in [0.29, 0.717) is 23.5 Å². The molecule has 0 aliphatic heterocycles. The molecular weight excluding hydrogens is 340 g/mol. The molecule has 0 atom stereocenters. The maximum atomic E-state index is 9.24. The van der Waals surface area contributed by atoms with E-state index in [0.717, 1.165) is 23.7 Å². The minimum atomic E-state index is -1.52. The second kappa shape index (κ2) is 8.22. The minimum absolute atomic E-state index is 0.390. The SMILES string of the molecule is OC(O)c1ccnc(-c2cn(CCNCc3ccccc3Cl)cn2)c1. The maximum Gasteiger partial charge on any atom is 0.178 e. The van der Waals surface area contributed by atoms with Crippen LogP contribution >= 0.6 is 11.6 Å². The first-order valence-corrected chi connectivity index (χ1v) is 8.29. The van der Waals surface area contributed by atoms with Crippen molar-refractivity contribution in [1.29, 1.82) is 0 Å². The monoisotopic (exact) mass is 358 g/mol. The summed E-state index contributed by atoms with van der Waals surface area (Å²) in [6.07, 6.45) is 3.63. The lowest BCUT2D eigenvalue weighted by Crippen LogP contribution is -2.19. The van der Waals surface area contributed by atoms with Crippen LogP contribution in [-0.4, -0.2) is 31.3 Å². The van der Waals surface area contributed by atoms with Crippen LogP contribution in [0.4, 0.5) is 0 Å². The Bertz CT molecular complexity index is 835. The molecule has 130 valence electrons. The number of nitrogens with zero attached hydrogens (tertiary/aromatic N) is 3. The highest BCUT2D eigenvalue weighted by Crippen LogP contribution is 2.18. The van der Waals surface area contributed by atoms with Crippen molar-refractivity contribution in [3.05, 3.63) is 71.3 Å². The van der Waals surface area contributed by atoms with Gasteiger partial charge in [-0.15, -0.1) is 0 Å². The Morgan fingerprint density at radius 2 is 1.96 bits per heavy atom. The summed E-state index contributed by atoms with van der Waals surface area (Å²) in [6, 6.07) is 10.9. The average Bonchev–Trinajstić information content (AvgIpc) is 3.09. The van der Waals surface area contributed by atoms with Crippen LogP contribution in [0.2, 0.25) is 5.02 Å². The van der Waals surface area contributed by atoms with Gasteiger partial charge in [0.1, 0.15) is 5.69 Å². The van der Waals surface area contributed by atoms with Gasteiger partial charge in [-0.3, -0.25) is 4.98 Å². The Kier molecular flexibility index (Phi) is 5.78. The summed E-state index contributed by atoms with van der Waals surface area (Å²) >= 11 is 6.13. The van der Waals surface area contributed by atoms with E-state index in [4.69, 9.17) is 11.6 Å². The van der Waals surface area contributed by atoms with E-state index in [-0.39, 0.29) is 0 Å². The first-order chi connectivity index (χ1) is 12.1. The Hall–Kier alpha value is -2.25. The molecule has 0 saturated carbocycles. The van der Waals surface area contributed by atoms with Gasteiger partial charge in [0.2, 0.25) is 0 Å². The molecule has 0 aliphatic carbocycles. The molecule has 7 heteroatoms. The van der Waals surface area contributed by atoms with Crippen molar-refractivity contribution in [3.8, 4) is 11.4 Å². The third kappa shape index (κ3) is 4.64. The largest absolute Gasteiger partial charge is 0.364 e. The lowest BCUT2D eigenvalue weighted by molar-refractivity contribution is -0.0425. The Morgan fingerprint density at radius 1 is 1.12 bits per heavy atom. The van der Waals surface area contributed by atoms with Crippen molar-refractivity contribution in [2.75, 3.05) is 6.54 Å². The molecular formula is C18H19ClN4O2. The van der Waals surface area contributed by atoms with Crippen LogP contribution in [0.15, 0.2) is 55.1 Å². The lowest BCUT2D eigenvalue weighted by atomic mass is 10.2. The highest BCUT2D eigenvalue weighted by Gasteiger charge is 2.08. The Balaban J connectivity index is 1.55. The zero-order valence-corrected chi connectivity index (χ0v) is 14.3. The van der Waals surface area contributed by atoms with Gasteiger partial charge in [0.15, 0.2) is 6.29 Å². The van der Waals surface area contributed by atoms with E-state index in [9.17, 15) is 10.2 Å². The fraction of sp³-hybridized carbons (Fsp3) is 0.222. The van der Waals surface area contributed by atoms with Crippen LogP contribution in [0.3, 0.4) is 0 Å². The van der Waals surface area contributed by atoms with E-state index >= 15 is 0 Å². The Labute approximate surface area is 150 Å². The zero-order valence-electron chi connectivity index (χ0n) is 13.5. The molecule has 6 nitrogen and oxygen atoms in total. The van der Waals surface area contributed by atoms with Gasteiger partial charge in [0, 0.05) is 42.6 Å². The second-order valence-electron chi connectivity index (χ2n) is 5.61. The number of aliphatic hydroxyl groups excluding tert-OH is 1. The molecule has 0 radical (unpaired) electrons. The number of nitrogens with one attached hydrogen (secondary N) is 1. The molecule has 3 aromatic rings. The van der Waals surface area contributed by atoms with Crippen molar-refractivity contribution in [2.45, 2.75) is 19.4 Å². The smallest absolute Gasteiger partial charge is 0.178 e. The molecule has 1 aromatic carbocycles. The molecule has 2 heterocycles. The number of hydrogen-bond donors (Lipinski definition) is 3. The predicted molar refractivity (Wildman–Crippen MR) is 95.8 cm³/mol. The molecule has 0 saturated heterocycles. The summed E-state index contributed by atoms with van der Waals surface area (Å²) in [6.45, 7) is 2.23. The van der Waals surface area contributed by atoms with Gasteiger partial charge in [-0.1, -0.05) is 29.8 Å². The molecule has 0 unspecified atom stereocenters. The highest BCUT2D eigenvalue weighted by atomic mass is 35.5. The van der Waals surface area contributed by atoms with Crippen LogP contribution in [-0.2, 0) is 13.1 Å². The van der Waals surface area contributed by atoms with Gasteiger partial charge in [-0.05, 0) is 23.8 Å². The van der Waals surface area contributed by atoms with Crippen molar-refractivity contribution >= 4 is 11.6 Å². The van der Waals surface area contributed by atoms with Gasteiger partial charge in [-0.25, -0.2) is 4.98 Å². The first kappa shape index (κ1) is 17.6. The molecule has 0 amide bonds. The van der Waals surface area contributed by atoms with Gasteiger partial charge in [-0.2, -0.15) is 0 Å². The summed E-state index contributed by atoms with van der Waals surface area (Å²) in [5, 5.41) is 22.6. The van der Waals surface area contributed by atoms with Crippen molar-refractivity contribution in [2.24, 2.45) is 0 Å². The van der Waals surface area contributed by atoms with Gasteiger partial charge in [0.25, 0.3) is 0 Å². The van der Waals surface area contributed by atoms with E-state index in [2.05, 4.69) is 15.3 Å². The first-order valence-electron chi connectivity index (χ1n) is 7.92. The second-order valence-corrected chi connectivity index (χ2v) is 6.02. The van der Waals surface area contributed by atoms with Gasteiger partial charge >= 0.3 is 0 Å². The third-order valence-electron chi connectivity index (χ3n) is 3.80. The van der Waals surface area contributed by atoms with Gasteiger partial charge < -0.3 is 20.1 Å². The van der Waals surface area contributed by atoms with E-state index < -0.39 is 6.29 Å². The standard InChI is InChI=1S/C18H19ClN4O2/c19-15-4-2-1-3-14(15)10-20-7-8-23-11-17(22-12-23)16-9-13(18(24)25)5-6-21-16/h1-6,9,11-12,18,20,24-25H,7-8,10H2. The number of aromatic nitrogens is 3. The number of benzene rings is 1. The van der Waals surface area contributed by atoms with Gasteiger partial charge in [0.05, 0.1) is 12.0 Å². The maximum absolute atomic E-state index is 9.24. The predicted octanol–water partition coefficient (Wildman–Crippen LogP) is 2.37. The molecule has 0 fully saturated rings. The summed E-state index contributed by atoms with van der Waals surface area (Å²) < 4.78 is 1.96. The number of imidazole rings is 1. The van der Waals surface area contributed by atoms with Crippen LogP contribution in [0.25, 0.3) is 11.4 Å². The fourth-order valence-electron chi connectivity index (χ4n) is 2.44. The summed E-state index contributed by atoms with van der Waals surface area (Å²) in [4.78, 5) is 8.55. The van der Waals surface area contributed by atoms with Crippen molar-refractivity contribution in [3.63, 3.8) is 0 Å². The summed E-state index contributed by atoms with van der Waals surface area (Å²) in [5.74, 6) is 0. The summed E-state index contributed by atoms with van der Waals surface area (Å²) in [7, 11) is 0. The molecule has 2 aromatic heterocycles. The average molecular weight is 359 g/mol. The molecule has 0 aliphatic rings. The fourth-order valence-corrected chi connectivity index (χ4v) is 2.64. The molecule has 0 bridgehead atoms. The zero-order chi connectivity index (χ0) is 17.6. The number of aliphatic hydroxyl groups is 2. The molecule has 25 heavy (non-hydrogen) atoms. The van der Waals surface area contributed by atoms with Crippen LogP contribution in [0.5, 0.6) is 0 Å². The molecule has 3 N–H and O–H groups in total. The van der Waals surface area contributed by atoms with Crippen LogP contribution < -0.4 is 5.32 Å². The van der Waals surface area contributed by atoms with Crippen molar-refractivity contribution in [1.82, 2.24) is 19.9 Å². The highest BCUT2D eigenvalue weighted by molar-refractivity contribution is 6.31. The van der Waals surface area contributed by atoms with Crippen LogP contribution in [0, 0.1) is 0 Å². The number of rotatable bonds is 7. The number of hydrogen-bond acceptors (Lipinski definition) is 5. The molecule has 3 rings (SSSR count). The normalized spacial score (nSPS) is 11.2. The van der Waals surface area contributed by atoms with E-state index in [1.54, 1.807) is 18.5 Å². The van der Waals surface area contributed by atoms with E-state index in [1.165, 1.54) is 6.20 Å². The topological polar surface area (TPSA) is 83.2 Å².